The van der Waals surface area contributed by atoms with Gasteiger partial charge in [0.25, 0.3) is 0 Å². The van der Waals surface area contributed by atoms with Gasteiger partial charge in [0, 0.05) is 6.04 Å². The largest absolute Gasteiger partial charge is 0.478 e. The number of hydrogen-bond donors (Lipinski definition) is 2. The number of carboxylic acid groups (broad SMARTS) is 1. The zero-order valence-corrected chi connectivity index (χ0v) is 7.86. The van der Waals surface area contributed by atoms with Crippen LogP contribution >= 0.6 is 0 Å². The van der Waals surface area contributed by atoms with Crippen LogP contribution in [0.3, 0.4) is 0 Å². The second-order valence-corrected chi connectivity index (χ2v) is 3.54. The van der Waals surface area contributed by atoms with Gasteiger partial charge >= 0.3 is 5.97 Å². The molecule has 1 aliphatic rings. The first-order valence-electron chi connectivity index (χ1n) is 4.84. The minimum atomic E-state index is -0.839. The van der Waals surface area contributed by atoms with Crippen LogP contribution in [0.2, 0.25) is 0 Å². The van der Waals surface area contributed by atoms with Crippen LogP contribution in [0.1, 0.15) is 34.8 Å². The molecule has 0 spiro atoms. The van der Waals surface area contributed by atoms with Crippen molar-refractivity contribution in [2.24, 2.45) is 0 Å². The van der Waals surface area contributed by atoms with Crippen LogP contribution in [-0.2, 0) is 0 Å². The number of hydrogen-bond acceptors (Lipinski definition) is 2. The Balaban J connectivity index is 2.35. The Kier molecular flexibility index (Phi) is 2.50. The fourth-order valence-electron chi connectivity index (χ4n) is 1.95. The summed E-state index contributed by atoms with van der Waals surface area (Å²) in [7, 11) is 0. The van der Waals surface area contributed by atoms with Gasteiger partial charge < -0.3 is 10.4 Å². The zero-order chi connectivity index (χ0) is 9.97. The highest BCUT2D eigenvalue weighted by molar-refractivity contribution is 5.89. The number of aromatic carboxylic acids is 1. The van der Waals surface area contributed by atoms with E-state index in [0.717, 1.165) is 24.9 Å². The quantitative estimate of drug-likeness (QED) is 0.749. The van der Waals surface area contributed by atoms with E-state index in [4.69, 9.17) is 5.11 Å². The van der Waals surface area contributed by atoms with Gasteiger partial charge in [-0.3, -0.25) is 0 Å². The molecule has 0 radical (unpaired) electrons. The van der Waals surface area contributed by atoms with Crippen molar-refractivity contribution in [2.75, 3.05) is 6.54 Å². The lowest BCUT2D eigenvalue weighted by molar-refractivity contribution is 0.0695. The molecule has 14 heavy (non-hydrogen) atoms. The Labute approximate surface area is 82.8 Å². The Hall–Kier alpha value is -1.35. The fourth-order valence-corrected chi connectivity index (χ4v) is 1.95. The van der Waals surface area contributed by atoms with Crippen molar-refractivity contribution in [3.8, 4) is 0 Å². The van der Waals surface area contributed by atoms with E-state index in [1.165, 1.54) is 0 Å². The smallest absolute Gasteiger partial charge is 0.336 e. The maximum atomic E-state index is 11.0. The molecule has 2 rings (SSSR count). The second-order valence-electron chi connectivity index (χ2n) is 3.54. The molecule has 1 aromatic carbocycles. The van der Waals surface area contributed by atoms with Crippen LogP contribution in [-0.4, -0.2) is 17.6 Å². The van der Waals surface area contributed by atoms with Crippen LogP contribution in [0.4, 0.5) is 0 Å². The van der Waals surface area contributed by atoms with Crippen molar-refractivity contribution in [2.45, 2.75) is 18.9 Å². The fraction of sp³-hybridized carbons (Fsp3) is 0.364. The molecule has 3 nitrogen and oxygen atoms in total. The minimum Gasteiger partial charge on any atom is -0.478 e. The molecule has 1 atom stereocenters. The summed E-state index contributed by atoms with van der Waals surface area (Å²) in [6, 6.07) is 7.44. The standard InChI is InChI=1S/C11H13NO2/c13-11(14)9-5-2-1-4-8(9)10-6-3-7-12-10/h1-2,4-5,10,12H,3,6-7H2,(H,13,14). The lowest BCUT2D eigenvalue weighted by Gasteiger charge is -2.12. The summed E-state index contributed by atoms with van der Waals surface area (Å²) in [5.74, 6) is -0.839. The molecule has 0 aromatic heterocycles. The maximum Gasteiger partial charge on any atom is 0.336 e. The van der Waals surface area contributed by atoms with Gasteiger partial charge in [-0.15, -0.1) is 0 Å². The van der Waals surface area contributed by atoms with Gasteiger partial charge in [0.15, 0.2) is 0 Å². The number of benzene rings is 1. The summed E-state index contributed by atoms with van der Waals surface area (Å²) in [4.78, 5) is 11.0. The SMILES string of the molecule is O=C(O)c1ccccc1C1CCCN1. The summed E-state index contributed by atoms with van der Waals surface area (Å²) in [6.07, 6.45) is 2.16. The first-order chi connectivity index (χ1) is 6.79. The average Bonchev–Trinajstić information content (AvgIpc) is 2.70. The summed E-state index contributed by atoms with van der Waals surface area (Å²) >= 11 is 0. The Bertz CT molecular complexity index is 343. The Morgan fingerprint density at radius 2 is 2.21 bits per heavy atom. The minimum absolute atomic E-state index is 0.224. The molecule has 0 saturated carbocycles. The average molecular weight is 191 g/mol. The molecule has 1 aliphatic heterocycles. The van der Waals surface area contributed by atoms with E-state index >= 15 is 0 Å². The van der Waals surface area contributed by atoms with Gasteiger partial charge in [-0.2, -0.15) is 0 Å². The van der Waals surface area contributed by atoms with Crippen molar-refractivity contribution >= 4 is 5.97 Å². The van der Waals surface area contributed by atoms with Gasteiger partial charge in [-0.05, 0) is 31.0 Å². The topological polar surface area (TPSA) is 49.3 Å². The summed E-state index contributed by atoms with van der Waals surface area (Å²) in [6.45, 7) is 0.985. The van der Waals surface area contributed by atoms with E-state index in [2.05, 4.69) is 5.32 Å². The van der Waals surface area contributed by atoms with Gasteiger partial charge in [0.1, 0.15) is 0 Å². The molecule has 2 N–H and O–H groups in total. The van der Waals surface area contributed by atoms with Crippen LogP contribution in [0.25, 0.3) is 0 Å². The third-order valence-electron chi connectivity index (χ3n) is 2.63. The number of nitrogens with one attached hydrogen (secondary N) is 1. The van der Waals surface area contributed by atoms with E-state index in [1.54, 1.807) is 12.1 Å². The third-order valence-corrected chi connectivity index (χ3v) is 2.63. The Morgan fingerprint density at radius 1 is 1.43 bits per heavy atom. The van der Waals surface area contributed by atoms with Gasteiger partial charge in [0.05, 0.1) is 5.56 Å². The summed E-state index contributed by atoms with van der Waals surface area (Å²) in [5, 5.41) is 12.3. The normalized spacial score (nSPS) is 21.0. The van der Waals surface area contributed by atoms with Gasteiger partial charge in [0.2, 0.25) is 0 Å². The second kappa shape index (κ2) is 3.80. The highest BCUT2D eigenvalue weighted by Gasteiger charge is 2.20. The lowest BCUT2D eigenvalue weighted by atomic mass is 9.99. The van der Waals surface area contributed by atoms with E-state index in [1.807, 2.05) is 12.1 Å². The van der Waals surface area contributed by atoms with Crippen LogP contribution in [0.5, 0.6) is 0 Å². The summed E-state index contributed by atoms with van der Waals surface area (Å²) in [5.41, 5.74) is 1.34. The Morgan fingerprint density at radius 3 is 2.86 bits per heavy atom. The zero-order valence-electron chi connectivity index (χ0n) is 7.86. The molecule has 1 heterocycles. The molecule has 0 aliphatic carbocycles. The van der Waals surface area contributed by atoms with E-state index in [-0.39, 0.29) is 6.04 Å². The molecule has 3 heteroatoms. The predicted molar refractivity (Wildman–Crippen MR) is 53.4 cm³/mol. The van der Waals surface area contributed by atoms with Crippen LogP contribution < -0.4 is 5.32 Å². The van der Waals surface area contributed by atoms with Gasteiger partial charge in [-0.25, -0.2) is 4.79 Å². The van der Waals surface area contributed by atoms with Crippen molar-refractivity contribution < 1.29 is 9.90 Å². The highest BCUT2D eigenvalue weighted by Crippen LogP contribution is 2.25. The van der Waals surface area contributed by atoms with Crippen molar-refractivity contribution in [1.82, 2.24) is 5.32 Å². The van der Waals surface area contributed by atoms with Crippen molar-refractivity contribution in [3.63, 3.8) is 0 Å². The first kappa shape index (κ1) is 9.21. The lowest BCUT2D eigenvalue weighted by Crippen LogP contribution is -2.16. The molecular formula is C11H13NO2. The maximum absolute atomic E-state index is 11.0. The number of carbonyl (C=O) groups is 1. The molecule has 1 aromatic rings. The van der Waals surface area contributed by atoms with Crippen LogP contribution in [0.15, 0.2) is 24.3 Å². The van der Waals surface area contributed by atoms with E-state index in [9.17, 15) is 4.79 Å². The molecule has 0 amide bonds. The third kappa shape index (κ3) is 1.63. The molecular weight excluding hydrogens is 178 g/mol. The monoisotopic (exact) mass is 191 g/mol. The van der Waals surface area contributed by atoms with Gasteiger partial charge in [-0.1, -0.05) is 18.2 Å². The number of rotatable bonds is 2. The predicted octanol–water partition coefficient (Wildman–Crippen LogP) is 1.81. The molecule has 0 bridgehead atoms. The van der Waals surface area contributed by atoms with Crippen molar-refractivity contribution in [3.05, 3.63) is 35.4 Å². The first-order valence-corrected chi connectivity index (χ1v) is 4.84. The summed E-state index contributed by atoms with van der Waals surface area (Å²) < 4.78 is 0. The molecule has 74 valence electrons. The van der Waals surface area contributed by atoms with E-state index in [0.29, 0.717) is 5.56 Å². The molecule has 1 saturated heterocycles. The molecule has 1 unspecified atom stereocenters. The van der Waals surface area contributed by atoms with Crippen LogP contribution in [0, 0.1) is 0 Å². The van der Waals surface area contributed by atoms with Crippen molar-refractivity contribution in [1.29, 1.82) is 0 Å². The van der Waals surface area contributed by atoms with E-state index < -0.39 is 5.97 Å². The molecule has 1 fully saturated rings. The number of carboxylic acids is 1. The highest BCUT2D eigenvalue weighted by atomic mass is 16.4.